The fourth-order valence-electron chi connectivity index (χ4n) is 1.43. The SMILES string of the molecule is CS(=O)(=O)c1cc(F)c(-c2ccco2)cc1Br. The third kappa shape index (κ3) is 2.42. The Hall–Kier alpha value is -1.14. The van der Waals surface area contributed by atoms with Crippen LogP contribution in [-0.4, -0.2) is 14.7 Å². The molecule has 0 saturated heterocycles. The molecule has 0 N–H and O–H groups in total. The van der Waals surface area contributed by atoms with Crippen LogP contribution in [0.15, 0.2) is 44.3 Å². The van der Waals surface area contributed by atoms with Gasteiger partial charge >= 0.3 is 0 Å². The summed E-state index contributed by atoms with van der Waals surface area (Å²) < 4.78 is 41.9. The first-order valence-electron chi connectivity index (χ1n) is 4.62. The summed E-state index contributed by atoms with van der Waals surface area (Å²) in [6, 6.07) is 5.61. The largest absolute Gasteiger partial charge is 0.464 e. The van der Waals surface area contributed by atoms with E-state index in [0.717, 1.165) is 12.3 Å². The maximum atomic E-state index is 13.8. The van der Waals surface area contributed by atoms with Crippen molar-refractivity contribution >= 4 is 25.8 Å². The molecule has 0 aliphatic heterocycles. The Morgan fingerprint density at radius 3 is 2.59 bits per heavy atom. The topological polar surface area (TPSA) is 47.3 Å². The highest BCUT2D eigenvalue weighted by Crippen LogP contribution is 2.31. The average Bonchev–Trinajstić information content (AvgIpc) is 2.72. The van der Waals surface area contributed by atoms with E-state index in [1.165, 1.54) is 12.3 Å². The Bertz CT molecular complexity index is 648. The van der Waals surface area contributed by atoms with Crippen molar-refractivity contribution in [2.75, 3.05) is 6.26 Å². The summed E-state index contributed by atoms with van der Waals surface area (Å²) in [5.41, 5.74) is 0.217. The molecule has 0 aliphatic rings. The van der Waals surface area contributed by atoms with Crippen LogP contribution < -0.4 is 0 Å². The summed E-state index contributed by atoms with van der Waals surface area (Å²) in [6.07, 6.45) is 2.45. The average molecular weight is 319 g/mol. The minimum atomic E-state index is -3.46. The van der Waals surface area contributed by atoms with E-state index in [0.29, 0.717) is 10.2 Å². The standard InChI is InChI=1S/C11H8BrFO3S/c1-17(14,15)11-6-9(13)7(5-8(11)12)10-3-2-4-16-10/h2-6H,1H3. The monoisotopic (exact) mass is 318 g/mol. The van der Waals surface area contributed by atoms with Gasteiger partial charge in [-0.1, -0.05) is 0 Å². The summed E-state index contributed by atoms with van der Waals surface area (Å²) in [5.74, 6) is -0.285. The zero-order valence-corrected chi connectivity index (χ0v) is 11.2. The second-order valence-electron chi connectivity index (χ2n) is 3.51. The van der Waals surface area contributed by atoms with Crippen LogP contribution >= 0.6 is 15.9 Å². The zero-order chi connectivity index (χ0) is 12.6. The van der Waals surface area contributed by atoms with Gasteiger partial charge in [-0.05, 0) is 40.2 Å². The molecule has 1 aromatic heterocycles. The molecule has 2 aromatic rings. The van der Waals surface area contributed by atoms with Crippen molar-refractivity contribution in [1.29, 1.82) is 0 Å². The van der Waals surface area contributed by atoms with Crippen molar-refractivity contribution in [3.8, 4) is 11.3 Å². The van der Waals surface area contributed by atoms with Crippen LogP contribution in [0.4, 0.5) is 4.39 Å². The second kappa shape index (κ2) is 4.27. The number of halogens is 2. The molecular formula is C11H8BrFO3S. The molecule has 1 heterocycles. The number of hydrogen-bond acceptors (Lipinski definition) is 3. The first-order valence-corrected chi connectivity index (χ1v) is 7.31. The second-order valence-corrected chi connectivity index (χ2v) is 6.35. The fourth-order valence-corrected chi connectivity index (χ4v) is 3.39. The summed E-state index contributed by atoms with van der Waals surface area (Å²) >= 11 is 3.12. The van der Waals surface area contributed by atoms with Crippen molar-refractivity contribution in [3.05, 3.63) is 40.8 Å². The number of hydrogen-bond donors (Lipinski definition) is 0. The molecule has 0 spiro atoms. The highest BCUT2D eigenvalue weighted by atomic mass is 79.9. The molecule has 2 rings (SSSR count). The third-order valence-corrected chi connectivity index (χ3v) is 4.26. The smallest absolute Gasteiger partial charge is 0.176 e. The van der Waals surface area contributed by atoms with Gasteiger partial charge in [-0.2, -0.15) is 0 Å². The molecule has 0 radical (unpaired) electrons. The third-order valence-electron chi connectivity index (χ3n) is 2.21. The Morgan fingerprint density at radius 1 is 1.35 bits per heavy atom. The van der Waals surface area contributed by atoms with Gasteiger partial charge in [-0.3, -0.25) is 0 Å². The van der Waals surface area contributed by atoms with E-state index >= 15 is 0 Å². The van der Waals surface area contributed by atoms with Crippen LogP contribution in [0.1, 0.15) is 0 Å². The van der Waals surface area contributed by atoms with Gasteiger partial charge in [-0.25, -0.2) is 12.8 Å². The summed E-state index contributed by atoms with van der Waals surface area (Å²) in [4.78, 5) is -0.0784. The molecular weight excluding hydrogens is 311 g/mol. The van der Waals surface area contributed by atoms with Crippen molar-refractivity contribution in [3.63, 3.8) is 0 Å². The Morgan fingerprint density at radius 2 is 2.06 bits per heavy atom. The minimum absolute atomic E-state index is 0.0784. The lowest BCUT2D eigenvalue weighted by Crippen LogP contribution is -2.00. The normalized spacial score (nSPS) is 11.7. The van der Waals surface area contributed by atoms with E-state index in [9.17, 15) is 12.8 Å². The summed E-state index contributed by atoms with van der Waals surface area (Å²) in [6.45, 7) is 0. The lowest BCUT2D eigenvalue weighted by atomic mass is 10.1. The zero-order valence-electron chi connectivity index (χ0n) is 8.78. The van der Waals surface area contributed by atoms with Gasteiger partial charge in [0, 0.05) is 10.7 Å². The first kappa shape index (κ1) is 12.3. The number of sulfone groups is 1. The highest BCUT2D eigenvalue weighted by Gasteiger charge is 2.17. The van der Waals surface area contributed by atoms with Crippen molar-refractivity contribution < 1.29 is 17.2 Å². The summed E-state index contributed by atoms with van der Waals surface area (Å²) in [7, 11) is -3.46. The molecule has 0 unspecified atom stereocenters. The maximum Gasteiger partial charge on any atom is 0.176 e. The van der Waals surface area contributed by atoms with Crippen LogP contribution in [0.2, 0.25) is 0 Å². The molecule has 3 nitrogen and oxygen atoms in total. The molecule has 0 amide bonds. The Kier molecular flexibility index (Phi) is 3.09. The fraction of sp³-hybridized carbons (Fsp3) is 0.0909. The van der Waals surface area contributed by atoms with E-state index in [1.54, 1.807) is 12.1 Å². The highest BCUT2D eigenvalue weighted by molar-refractivity contribution is 9.10. The molecule has 0 bridgehead atoms. The number of furan rings is 1. The predicted molar refractivity (Wildman–Crippen MR) is 64.9 cm³/mol. The minimum Gasteiger partial charge on any atom is -0.464 e. The van der Waals surface area contributed by atoms with Crippen molar-refractivity contribution in [2.45, 2.75) is 4.90 Å². The number of benzene rings is 1. The molecule has 90 valence electrons. The molecule has 0 aliphatic carbocycles. The summed E-state index contributed by atoms with van der Waals surface area (Å²) in [5, 5.41) is 0. The molecule has 1 aromatic carbocycles. The van der Waals surface area contributed by atoms with Crippen molar-refractivity contribution in [2.24, 2.45) is 0 Å². The van der Waals surface area contributed by atoms with Crippen molar-refractivity contribution in [1.82, 2.24) is 0 Å². The molecule has 0 atom stereocenters. The van der Waals surface area contributed by atoms with Gasteiger partial charge in [0.1, 0.15) is 11.6 Å². The van der Waals surface area contributed by atoms with Crippen LogP contribution in [0.25, 0.3) is 11.3 Å². The van der Waals surface area contributed by atoms with E-state index < -0.39 is 15.7 Å². The number of rotatable bonds is 2. The molecule has 6 heteroatoms. The van der Waals surface area contributed by atoms with Crippen LogP contribution in [-0.2, 0) is 9.84 Å². The first-order chi connectivity index (χ1) is 7.89. The molecule has 17 heavy (non-hydrogen) atoms. The van der Waals surface area contributed by atoms with Gasteiger partial charge in [0.25, 0.3) is 0 Å². The Labute approximate surface area is 106 Å². The van der Waals surface area contributed by atoms with Crippen LogP contribution in [0, 0.1) is 5.82 Å². The Balaban J connectivity index is 2.65. The predicted octanol–water partition coefficient (Wildman–Crippen LogP) is 3.25. The van der Waals surface area contributed by atoms with E-state index in [1.807, 2.05) is 0 Å². The van der Waals surface area contributed by atoms with Gasteiger partial charge in [-0.15, -0.1) is 0 Å². The lowest BCUT2D eigenvalue weighted by molar-refractivity contribution is 0.566. The van der Waals surface area contributed by atoms with Crippen LogP contribution in [0.3, 0.4) is 0 Å². The van der Waals surface area contributed by atoms with E-state index in [2.05, 4.69) is 15.9 Å². The quantitative estimate of drug-likeness (QED) is 0.854. The molecule has 0 fully saturated rings. The van der Waals surface area contributed by atoms with Gasteiger partial charge in [0.05, 0.1) is 16.7 Å². The van der Waals surface area contributed by atoms with E-state index in [4.69, 9.17) is 4.42 Å². The van der Waals surface area contributed by atoms with Gasteiger partial charge in [0.15, 0.2) is 9.84 Å². The van der Waals surface area contributed by atoms with Crippen LogP contribution in [0.5, 0.6) is 0 Å². The molecule has 0 saturated carbocycles. The van der Waals surface area contributed by atoms with E-state index in [-0.39, 0.29) is 10.5 Å². The lowest BCUT2D eigenvalue weighted by Gasteiger charge is -2.06. The van der Waals surface area contributed by atoms with Gasteiger partial charge in [0.2, 0.25) is 0 Å². The maximum absolute atomic E-state index is 13.8. The van der Waals surface area contributed by atoms with Gasteiger partial charge < -0.3 is 4.42 Å².